The number of nitrogens with zero attached hydrogens (tertiary/aromatic N) is 3. The molecule has 4 rings (SSSR count). The molecule has 6 nitrogen and oxygen atoms in total. The fourth-order valence-electron chi connectivity index (χ4n) is 3.92. The number of benzene rings is 1. The molecule has 7 heteroatoms. The predicted octanol–water partition coefficient (Wildman–Crippen LogP) is 3.05. The highest BCUT2D eigenvalue weighted by molar-refractivity contribution is 7.10. The molecule has 1 amide bonds. The van der Waals surface area contributed by atoms with Crippen LogP contribution in [0.3, 0.4) is 0 Å². The Kier molecular flexibility index (Phi) is 6.06. The lowest BCUT2D eigenvalue weighted by Crippen LogP contribution is -2.42. The van der Waals surface area contributed by atoms with Crippen molar-refractivity contribution < 1.29 is 4.79 Å². The van der Waals surface area contributed by atoms with Gasteiger partial charge in [-0.2, -0.15) is 5.10 Å². The maximum absolute atomic E-state index is 12.7. The van der Waals surface area contributed by atoms with Gasteiger partial charge in [0, 0.05) is 16.8 Å². The van der Waals surface area contributed by atoms with Crippen LogP contribution < -0.4 is 10.7 Å². The normalized spacial score (nSPS) is 16.7. The number of amides is 1. The van der Waals surface area contributed by atoms with Crippen LogP contribution in [-0.4, -0.2) is 40.2 Å². The van der Waals surface area contributed by atoms with Gasteiger partial charge in [0.05, 0.1) is 17.8 Å². The summed E-state index contributed by atoms with van der Waals surface area (Å²) in [5.74, 6) is 0.669. The van der Waals surface area contributed by atoms with Crippen LogP contribution in [0.15, 0.2) is 52.8 Å². The number of fused-ring (bicyclic) bond motifs is 1. The van der Waals surface area contributed by atoms with E-state index in [0.29, 0.717) is 17.4 Å². The van der Waals surface area contributed by atoms with E-state index < -0.39 is 0 Å². The number of carbonyl (C=O) groups is 1. The third-order valence-corrected chi connectivity index (χ3v) is 6.65. The minimum absolute atomic E-state index is 0.0922. The van der Waals surface area contributed by atoms with Crippen molar-refractivity contribution in [1.29, 1.82) is 0 Å². The van der Waals surface area contributed by atoms with Gasteiger partial charge < -0.3 is 5.32 Å². The average molecular weight is 411 g/mol. The molecule has 152 valence electrons. The Morgan fingerprint density at radius 2 is 2.03 bits per heavy atom. The second-order valence-electron chi connectivity index (χ2n) is 7.74. The summed E-state index contributed by atoms with van der Waals surface area (Å²) in [7, 11) is 0. The fraction of sp³-hybridized carbons (Fsp3) is 0.409. The lowest BCUT2D eigenvalue weighted by atomic mass is 9.97. The first-order valence-corrected chi connectivity index (χ1v) is 11.0. The zero-order valence-electron chi connectivity index (χ0n) is 16.6. The van der Waals surface area contributed by atoms with E-state index in [-0.39, 0.29) is 23.9 Å². The number of para-hydroxylation sites is 1. The summed E-state index contributed by atoms with van der Waals surface area (Å²) in [5, 5.41) is 9.92. The molecule has 1 N–H and O–H groups in total. The highest BCUT2D eigenvalue weighted by Crippen LogP contribution is 2.29. The Morgan fingerprint density at radius 1 is 1.24 bits per heavy atom. The second kappa shape index (κ2) is 8.88. The maximum Gasteiger partial charge on any atom is 0.241 e. The average Bonchev–Trinajstić information content (AvgIpc) is 3.26. The van der Waals surface area contributed by atoms with Crippen LogP contribution in [0.1, 0.15) is 30.7 Å². The van der Waals surface area contributed by atoms with E-state index in [9.17, 15) is 9.59 Å². The summed E-state index contributed by atoms with van der Waals surface area (Å²) < 4.78 is 1.59. The summed E-state index contributed by atoms with van der Waals surface area (Å²) in [4.78, 5) is 28.4. The van der Waals surface area contributed by atoms with Crippen molar-refractivity contribution >= 4 is 28.1 Å². The van der Waals surface area contributed by atoms with E-state index in [1.54, 1.807) is 22.1 Å². The van der Waals surface area contributed by atoms with Gasteiger partial charge in [0.2, 0.25) is 11.3 Å². The summed E-state index contributed by atoms with van der Waals surface area (Å²) in [6.45, 7) is 5.10. The Bertz CT molecular complexity index is 1020. The quantitative estimate of drug-likeness (QED) is 0.678. The highest BCUT2D eigenvalue weighted by Gasteiger charge is 2.25. The molecule has 1 unspecified atom stereocenters. The fourth-order valence-corrected chi connectivity index (χ4v) is 4.78. The summed E-state index contributed by atoms with van der Waals surface area (Å²) >= 11 is 1.74. The van der Waals surface area contributed by atoms with Crippen molar-refractivity contribution in [3.05, 3.63) is 63.1 Å². The summed E-state index contributed by atoms with van der Waals surface area (Å²) in [6, 6.07) is 11.7. The van der Waals surface area contributed by atoms with Gasteiger partial charge in [-0.25, -0.2) is 0 Å². The number of likely N-dealkylation sites (tertiary alicyclic amines) is 1. The number of piperidine rings is 1. The monoisotopic (exact) mass is 410 g/mol. The molecule has 0 spiro atoms. The van der Waals surface area contributed by atoms with E-state index in [1.807, 2.05) is 18.2 Å². The molecule has 0 aliphatic carbocycles. The van der Waals surface area contributed by atoms with Gasteiger partial charge in [-0.15, -0.1) is 11.3 Å². The van der Waals surface area contributed by atoms with Crippen LogP contribution in [0.4, 0.5) is 0 Å². The first-order valence-electron chi connectivity index (χ1n) is 10.1. The Balaban J connectivity index is 1.45. The molecule has 1 fully saturated rings. The van der Waals surface area contributed by atoms with Crippen molar-refractivity contribution in [2.24, 2.45) is 5.92 Å². The minimum Gasteiger partial charge on any atom is -0.353 e. The zero-order valence-corrected chi connectivity index (χ0v) is 17.4. The summed E-state index contributed by atoms with van der Waals surface area (Å²) in [6.07, 6.45) is 3.67. The van der Waals surface area contributed by atoms with Crippen LogP contribution in [0, 0.1) is 5.92 Å². The van der Waals surface area contributed by atoms with E-state index >= 15 is 0 Å². The Hall–Kier alpha value is -2.51. The van der Waals surface area contributed by atoms with E-state index in [2.05, 4.69) is 39.8 Å². The van der Waals surface area contributed by atoms with Crippen LogP contribution in [0.25, 0.3) is 10.9 Å². The molecule has 1 aliphatic heterocycles. The van der Waals surface area contributed by atoms with E-state index in [1.165, 1.54) is 23.9 Å². The standard InChI is InChI=1S/C22H26N4O2S/c1-16-8-10-25(11-9-16)19(21-7-4-12-29-21)13-23-22(28)15-26-18-6-3-2-5-17(18)20(27)14-24-26/h2-7,12,14,16,19H,8-11,13,15H2,1H3,(H,23,28). The zero-order chi connectivity index (χ0) is 20.2. The molecule has 1 aliphatic rings. The van der Waals surface area contributed by atoms with Crippen molar-refractivity contribution in [2.45, 2.75) is 32.4 Å². The van der Waals surface area contributed by atoms with Gasteiger partial charge in [0.1, 0.15) is 6.54 Å². The van der Waals surface area contributed by atoms with Crippen molar-refractivity contribution in [3.8, 4) is 0 Å². The van der Waals surface area contributed by atoms with Crippen molar-refractivity contribution in [3.63, 3.8) is 0 Å². The third-order valence-electron chi connectivity index (χ3n) is 5.68. The maximum atomic E-state index is 12.7. The molecular weight excluding hydrogens is 384 g/mol. The molecule has 3 heterocycles. The number of nitrogens with one attached hydrogen (secondary N) is 1. The first-order chi connectivity index (χ1) is 14.1. The third kappa shape index (κ3) is 4.57. The van der Waals surface area contributed by atoms with Crippen molar-refractivity contribution in [2.75, 3.05) is 19.6 Å². The highest BCUT2D eigenvalue weighted by atomic mass is 32.1. The molecule has 1 aromatic carbocycles. The van der Waals surface area contributed by atoms with Gasteiger partial charge in [0.25, 0.3) is 0 Å². The van der Waals surface area contributed by atoms with Gasteiger partial charge in [-0.3, -0.25) is 19.2 Å². The van der Waals surface area contributed by atoms with Crippen LogP contribution in [-0.2, 0) is 11.3 Å². The lowest BCUT2D eigenvalue weighted by Gasteiger charge is -2.36. The van der Waals surface area contributed by atoms with Crippen LogP contribution in [0.5, 0.6) is 0 Å². The van der Waals surface area contributed by atoms with Crippen LogP contribution >= 0.6 is 11.3 Å². The number of carbonyl (C=O) groups excluding carboxylic acids is 1. The van der Waals surface area contributed by atoms with Gasteiger partial charge >= 0.3 is 0 Å². The smallest absolute Gasteiger partial charge is 0.241 e. The van der Waals surface area contributed by atoms with Crippen molar-refractivity contribution in [1.82, 2.24) is 20.0 Å². The summed E-state index contributed by atoms with van der Waals surface area (Å²) in [5.41, 5.74) is 0.546. The number of hydrogen-bond acceptors (Lipinski definition) is 5. The molecule has 3 aromatic rings. The molecule has 0 radical (unpaired) electrons. The molecule has 0 saturated carbocycles. The minimum atomic E-state index is -0.130. The van der Waals surface area contributed by atoms with Gasteiger partial charge in [-0.05, 0) is 55.4 Å². The molecule has 0 bridgehead atoms. The molecule has 1 saturated heterocycles. The SMILES string of the molecule is CC1CCN(C(CNC(=O)Cn2ncc(=O)c3ccccc32)c2cccs2)CC1. The second-order valence-corrected chi connectivity index (χ2v) is 8.72. The number of hydrogen-bond donors (Lipinski definition) is 1. The Morgan fingerprint density at radius 3 is 2.79 bits per heavy atom. The lowest BCUT2D eigenvalue weighted by molar-refractivity contribution is -0.122. The Labute approximate surface area is 174 Å². The molecular formula is C22H26N4O2S. The van der Waals surface area contributed by atoms with Gasteiger partial charge in [0.15, 0.2) is 0 Å². The van der Waals surface area contributed by atoms with Gasteiger partial charge in [-0.1, -0.05) is 25.1 Å². The van der Waals surface area contributed by atoms with Crippen LogP contribution in [0.2, 0.25) is 0 Å². The number of aromatic nitrogens is 2. The molecule has 2 aromatic heterocycles. The molecule has 1 atom stereocenters. The number of thiophene rings is 1. The molecule has 29 heavy (non-hydrogen) atoms. The largest absolute Gasteiger partial charge is 0.353 e. The van der Waals surface area contributed by atoms with E-state index in [4.69, 9.17) is 0 Å². The first kappa shape index (κ1) is 19.8. The topological polar surface area (TPSA) is 67.2 Å². The van der Waals surface area contributed by atoms with E-state index in [0.717, 1.165) is 19.0 Å². The number of rotatable bonds is 6. The predicted molar refractivity (Wildman–Crippen MR) is 116 cm³/mol.